The van der Waals surface area contributed by atoms with Crippen molar-refractivity contribution in [2.45, 2.75) is 6.92 Å². The van der Waals surface area contributed by atoms with Crippen molar-refractivity contribution >= 4 is 29.1 Å². The lowest BCUT2D eigenvalue weighted by Gasteiger charge is -2.07. The van der Waals surface area contributed by atoms with Crippen molar-refractivity contribution in [1.29, 1.82) is 0 Å². The van der Waals surface area contributed by atoms with E-state index in [4.69, 9.17) is 22.1 Å². The monoisotopic (exact) mass is 231 g/mol. The number of hydrogen-bond acceptors (Lipinski definition) is 3. The van der Waals surface area contributed by atoms with E-state index in [0.29, 0.717) is 23.1 Å². The molecule has 1 aromatic rings. The predicted molar refractivity (Wildman–Crippen MR) is 64.4 cm³/mol. The SMILES string of the molecule is CCSCCOc1cc(N)ccc1Cl. The molecule has 0 aromatic heterocycles. The van der Waals surface area contributed by atoms with Crippen LogP contribution in [0.25, 0.3) is 0 Å². The van der Waals surface area contributed by atoms with Crippen LogP contribution in [0.3, 0.4) is 0 Å². The lowest BCUT2D eigenvalue weighted by molar-refractivity contribution is 0.344. The number of hydrogen-bond donors (Lipinski definition) is 1. The molecule has 0 aliphatic carbocycles. The fourth-order valence-electron chi connectivity index (χ4n) is 0.985. The van der Waals surface area contributed by atoms with Crippen LogP contribution >= 0.6 is 23.4 Å². The van der Waals surface area contributed by atoms with E-state index in [2.05, 4.69) is 6.92 Å². The van der Waals surface area contributed by atoms with Gasteiger partial charge in [-0.15, -0.1) is 0 Å². The largest absolute Gasteiger partial charge is 0.491 e. The molecule has 0 radical (unpaired) electrons. The summed E-state index contributed by atoms with van der Waals surface area (Å²) in [5, 5.41) is 0.612. The van der Waals surface area contributed by atoms with E-state index in [-0.39, 0.29) is 0 Å². The first-order valence-corrected chi connectivity index (χ1v) is 6.03. The lowest BCUT2D eigenvalue weighted by Crippen LogP contribution is -2.01. The molecule has 0 aliphatic rings. The van der Waals surface area contributed by atoms with Crippen LogP contribution in [0.15, 0.2) is 18.2 Å². The van der Waals surface area contributed by atoms with Crippen molar-refractivity contribution in [3.8, 4) is 5.75 Å². The quantitative estimate of drug-likeness (QED) is 0.625. The summed E-state index contributed by atoms with van der Waals surface area (Å²) >= 11 is 7.76. The van der Waals surface area contributed by atoms with E-state index < -0.39 is 0 Å². The number of ether oxygens (including phenoxy) is 1. The first-order valence-electron chi connectivity index (χ1n) is 4.49. The number of benzene rings is 1. The summed E-state index contributed by atoms with van der Waals surface area (Å²) < 4.78 is 5.49. The summed E-state index contributed by atoms with van der Waals surface area (Å²) in [6.07, 6.45) is 0. The first-order chi connectivity index (χ1) is 6.74. The third kappa shape index (κ3) is 3.68. The predicted octanol–water partition coefficient (Wildman–Crippen LogP) is 3.05. The maximum Gasteiger partial charge on any atom is 0.139 e. The van der Waals surface area contributed by atoms with E-state index in [1.807, 2.05) is 11.8 Å². The van der Waals surface area contributed by atoms with Crippen LogP contribution in [-0.2, 0) is 0 Å². The van der Waals surface area contributed by atoms with Gasteiger partial charge >= 0.3 is 0 Å². The summed E-state index contributed by atoms with van der Waals surface area (Å²) in [5.74, 6) is 2.75. The zero-order chi connectivity index (χ0) is 10.4. The minimum Gasteiger partial charge on any atom is -0.491 e. The van der Waals surface area contributed by atoms with Crippen LogP contribution in [0.2, 0.25) is 5.02 Å². The molecule has 0 unspecified atom stereocenters. The van der Waals surface area contributed by atoms with Gasteiger partial charge in [-0.05, 0) is 17.9 Å². The number of nitrogen functional groups attached to an aromatic ring is 1. The maximum atomic E-state index is 5.92. The number of halogens is 1. The molecule has 0 amide bonds. The zero-order valence-electron chi connectivity index (χ0n) is 8.13. The molecule has 0 spiro atoms. The Hall–Kier alpha value is -0.540. The highest BCUT2D eigenvalue weighted by atomic mass is 35.5. The highest BCUT2D eigenvalue weighted by Crippen LogP contribution is 2.26. The van der Waals surface area contributed by atoms with Gasteiger partial charge < -0.3 is 10.5 Å². The van der Waals surface area contributed by atoms with Crippen molar-refractivity contribution in [1.82, 2.24) is 0 Å². The average molecular weight is 232 g/mol. The van der Waals surface area contributed by atoms with Crippen molar-refractivity contribution in [3.05, 3.63) is 23.2 Å². The molecule has 0 saturated carbocycles. The van der Waals surface area contributed by atoms with Crippen LogP contribution < -0.4 is 10.5 Å². The van der Waals surface area contributed by atoms with Gasteiger partial charge in [-0.3, -0.25) is 0 Å². The molecule has 0 fully saturated rings. The van der Waals surface area contributed by atoms with E-state index in [9.17, 15) is 0 Å². The molecule has 0 saturated heterocycles. The molecule has 4 heteroatoms. The van der Waals surface area contributed by atoms with Crippen molar-refractivity contribution in [2.24, 2.45) is 0 Å². The maximum absolute atomic E-state index is 5.92. The standard InChI is InChI=1S/C10H14ClNOS/c1-2-14-6-5-13-10-7-8(12)3-4-9(10)11/h3-4,7H,2,5-6,12H2,1H3. The Labute approximate surface area is 93.8 Å². The second-order valence-corrected chi connectivity index (χ2v) is 4.54. The molecule has 2 N–H and O–H groups in total. The summed E-state index contributed by atoms with van der Waals surface area (Å²) in [6.45, 7) is 2.79. The van der Waals surface area contributed by atoms with E-state index >= 15 is 0 Å². The highest BCUT2D eigenvalue weighted by molar-refractivity contribution is 7.99. The summed E-state index contributed by atoms with van der Waals surface area (Å²) in [4.78, 5) is 0. The molecule has 0 bridgehead atoms. The second kappa shape index (κ2) is 6.04. The lowest BCUT2D eigenvalue weighted by atomic mass is 10.3. The van der Waals surface area contributed by atoms with E-state index in [1.54, 1.807) is 18.2 Å². The number of anilines is 1. The smallest absolute Gasteiger partial charge is 0.139 e. The van der Waals surface area contributed by atoms with Crippen LogP contribution in [0.4, 0.5) is 5.69 Å². The number of thioether (sulfide) groups is 1. The molecular weight excluding hydrogens is 218 g/mol. The minimum atomic E-state index is 0.612. The Balaban J connectivity index is 2.45. The Morgan fingerprint density at radius 1 is 1.50 bits per heavy atom. The van der Waals surface area contributed by atoms with Gasteiger partial charge in [-0.2, -0.15) is 11.8 Å². The minimum absolute atomic E-state index is 0.612. The van der Waals surface area contributed by atoms with Crippen LogP contribution in [0.1, 0.15) is 6.92 Å². The van der Waals surface area contributed by atoms with E-state index in [0.717, 1.165) is 11.5 Å². The van der Waals surface area contributed by atoms with Crippen LogP contribution in [0, 0.1) is 0 Å². The first kappa shape index (κ1) is 11.5. The highest BCUT2D eigenvalue weighted by Gasteiger charge is 2.01. The van der Waals surface area contributed by atoms with Crippen molar-refractivity contribution in [3.63, 3.8) is 0 Å². The van der Waals surface area contributed by atoms with E-state index in [1.165, 1.54) is 0 Å². The fourth-order valence-corrected chi connectivity index (χ4v) is 1.65. The summed E-state index contributed by atoms with van der Waals surface area (Å²) in [6, 6.07) is 5.26. The van der Waals surface area contributed by atoms with Gasteiger partial charge in [-0.1, -0.05) is 18.5 Å². The number of nitrogens with two attached hydrogens (primary N) is 1. The van der Waals surface area contributed by atoms with Gasteiger partial charge in [0.25, 0.3) is 0 Å². The average Bonchev–Trinajstić information content (AvgIpc) is 2.18. The van der Waals surface area contributed by atoms with Gasteiger partial charge in [0.15, 0.2) is 0 Å². The molecule has 0 heterocycles. The van der Waals surface area contributed by atoms with Gasteiger partial charge in [0.05, 0.1) is 11.6 Å². The molecule has 78 valence electrons. The Morgan fingerprint density at radius 3 is 3.00 bits per heavy atom. The summed E-state index contributed by atoms with van der Waals surface area (Å²) in [7, 11) is 0. The Morgan fingerprint density at radius 2 is 2.29 bits per heavy atom. The van der Waals surface area contributed by atoms with Gasteiger partial charge in [-0.25, -0.2) is 0 Å². The van der Waals surface area contributed by atoms with Crippen molar-refractivity contribution < 1.29 is 4.74 Å². The van der Waals surface area contributed by atoms with Crippen molar-refractivity contribution in [2.75, 3.05) is 23.8 Å². The molecule has 2 nitrogen and oxygen atoms in total. The normalized spacial score (nSPS) is 10.1. The molecule has 14 heavy (non-hydrogen) atoms. The molecule has 1 rings (SSSR count). The second-order valence-electron chi connectivity index (χ2n) is 2.74. The van der Waals surface area contributed by atoms with Gasteiger partial charge in [0, 0.05) is 17.5 Å². The fraction of sp³-hybridized carbons (Fsp3) is 0.400. The molecule has 0 aliphatic heterocycles. The topological polar surface area (TPSA) is 35.2 Å². The molecule has 1 aromatic carbocycles. The Kier molecular flexibility index (Phi) is 4.98. The summed E-state index contributed by atoms with van der Waals surface area (Å²) in [5.41, 5.74) is 6.29. The Bertz CT molecular complexity index is 293. The van der Waals surface area contributed by atoms with Crippen LogP contribution in [-0.4, -0.2) is 18.1 Å². The molecular formula is C10H14ClNOS. The third-order valence-corrected chi connectivity index (χ3v) is 2.82. The van der Waals surface area contributed by atoms with Gasteiger partial charge in [0.2, 0.25) is 0 Å². The molecule has 0 atom stereocenters. The third-order valence-electron chi connectivity index (χ3n) is 1.64. The zero-order valence-corrected chi connectivity index (χ0v) is 9.70. The van der Waals surface area contributed by atoms with Crippen LogP contribution in [0.5, 0.6) is 5.75 Å². The number of rotatable bonds is 5. The van der Waals surface area contributed by atoms with Gasteiger partial charge in [0.1, 0.15) is 5.75 Å².